The van der Waals surface area contributed by atoms with Gasteiger partial charge in [0.25, 0.3) is 0 Å². The molecule has 0 heterocycles. The molecule has 0 radical (unpaired) electrons. The van der Waals surface area contributed by atoms with E-state index in [0.717, 1.165) is 30.4 Å². The van der Waals surface area contributed by atoms with Crippen LogP contribution < -0.4 is 31.9 Å². The minimum Gasteiger partial charge on any atom is -0.481 e. The first-order valence-electron chi connectivity index (χ1n) is 20.2. The van der Waals surface area contributed by atoms with Crippen LogP contribution in [0.2, 0.25) is 0 Å². The third-order valence-corrected chi connectivity index (χ3v) is 9.30. The second-order valence-electron chi connectivity index (χ2n) is 14.3. The Bertz CT molecular complexity index is 1640. The predicted octanol–water partition coefficient (Wildman–Crippen LogP) is 3.06. The first kappa shape index (κ1) is 49.1. The number of carboxylic acid groups (broad SMARTS) is 3. The molecule has 0 spiro atoms. The summed E-state index contributed by atoms with van der Waals surface area (Å²) in [5.74, 6) is -5.14. The van der Waals surface area contributed by atoms with E-state index >= 15 is 0 Å². The predicted molar refractivity (Wildman–Crippen MR) is 218 cm³/mol. The summed E-state index contributed by atoms with van der Waals surface area (Å²) < 4.78 is 0. The van der Waals surface area contributed by atoms with Crippen LogP contribution in [-0.4, -0.2) is 100 Å². The standard InChI is InChI=1S/C42H60N6O11/c1-2-16-36(50)45-34(28-30-19-10-7-11-20-30)39(54)46-33(27-29-17-8-6-9-18-29)38(53)44-26-14-5-3-4-12-22-35(49)43-25-15-13-21-31(40(55)56)47-42(59)48-32(41(57)58)23-24-37(51)52/h6-11,17-20,31-34H,2-5,12-16,21-28H2,1H3,(H,43,49)(H,44,53)(H,45,50)(H,46,54)(H,51,52)(H,55,56)(H,57,58)(H2,47,48,59). The third-order valence-electron chi connectivity index (χ3n) is 9.30. The molecular weight excluding hydrogens is 764 g/mol. The molecule has 0 aromatic heterocycles. The molecule has 2 aromatic rings. The summed E-state index contributed by atoms with van der Waals surface area (Å²) in [6.45, 7) is 2.59. The van der Waals surface area contributed by atoms with Crippen molar-refractivity contribution in [3.8, 4) is 0 Å². The van der Waals surface area contributed by atoms with Crippen molar-refractivity contribution in [2.75, 3.05) is 13.1 Å². The highest BCUT2D eigenvalue weighted by Crippen LogP contribution is 2.10. The van der Waals surface area contributed by atoms with Crippen LogP contribution in [0.3, 0.4) is 0 Å². The van der Waals surface area contributed by atoms with Gasteiger partial charge in [0.2, 0.25) is 23.6 Å². The number of benzene rings is 2. The van der Waals surface area contributed by atoms with Gasteiger partial charge in [-0.3, -0.25) is 24.0 Å². The lowest BCUT2D eigenvalue weighted by Gasteiger charge is -2.23. The van der Waals surface area contributed by atoms with Gasteiger partial charge in [-0.15, -0.1) is 0 Å². The van der Waals surface area contributed by atoms with Crippen LogP contribution >= 0.6 is 0 Å². The van der Waals surface area contributed by atoms with Gasteiger partial charge in [-0.25, -0.2) is 14.4 Å². The Morgan fingerprint density at radius 2 is 1.00 bits per heavy atom. The molecule has 59 heavy (non-hydrogen) atoms. The van der Waals surface area contributed by atoms with Crippen molar-refractivity contribution < 1.29 is 53.7 Å². The number of urea groups is 1. The van der Waals surface area contributed by atoms with E-state index in [1.807, 2.05) is 67.6 Å². The molecule has 17 nitrogen and oxygen atoms in total. The third kappa shape index (κ3) is 21.9. The molecule has 0 saturated carbocycles. The van der Waals surface area contributed by atoms with Gasteiger partial charge in [-0.05, 0) is 56.1 Å². The fourth-order valence-corrected chi connectivity index (χ4v) is 6.09. The number of carbonyl (C=O) groups is 8. The van der Waals surface area contributed by atoms with Gasteiger partial charge in [0.1, 0.15) is 24.2 Å². The van der Waals surface area contributed by atoms with Crippen molar-refractivity contribution >= 4 is 47.6 Å². The van der Waals surface area contributed by atoms with E-state index in [4.69, 9.17) is 5.11 Å². The number of carboxylic acids is 3. The average Bonchev–Trinajstić information content (AvgIpc) is 3.19. The molecular formula is C42H60N6O11. The number of hydrogen-bond donors (Lipinski definition) is 9. The number of rotatable bonds is 30. The minimum atomic E-state index is -1.49. The summed E-state index contributed by atoms with van der Waals surface area (Å²) >= 11 is 0. The Morgan fingerprint density at radius 3 is 1.56 bits per heavy atom. The highest BCUT2D eigenvalue weighted by atomic mass is 16.4. The monoisotopic (exact) mass is 824 g/mol. The van der Waals surface area contributed by atoms with Crippen LogP contribution in [0.4, 0.5) is 4.79 Å². The molecule has 0 aliphatic rings. The van der Waals surface area contributed by atoms with Crippen LogP contribution in [0.15, 0.2) is 60.7 Å². The summed E-state index contributed by atoms with van der Waals surface area (Å²) in [5.41, 5.74) is 1.75. The number of carbonyl (C=O) groups excluding carboxylic acids is 5. The first-order chi connectivity index (χ1) is 28.3. The molecule has 0 aliphatic heterocycles. The molecule has 4 atom stereocenters. The van der Waals surface area contributed by atoms with Crippen molar-refractivity contribution in [2.24, 2.45) is 0 Å². The summed E-state index contributed by atoms with van der Waals surface area (Å²) in [5, 5.41) is 43.1. The van der Waals surface area contributed by atoms with Gasteiger partial charge in [0.15, 0.2) is 0 Å². The van der Waals surface area contributed by atoms with Crippen molar-refractivity contribution in [3.05, 3.63) is 71.8 Å². The van der Waals surface area contributed by atoms with Gasteiger partial charge in [-0.2, -0.15) is 0 Å². The highest BCUT2D eigenvalue weighted by molar-refractivity contribution is 5.92. The van der Waals surface area contributed by atoms with Crippen LogP contribution in [0.5, 0.6) is 0 Å². The number of aliphatic carboxylic acids is 3. The number of amides is 6. The van der Waals surface area contributed by atoms with Gasteiger partial charge in [0.05, 0.1) is 0 Å². The largest absolute Gasteiger partial charge is 0.481 e. The summed E-state index contributed by atoms with van der Waals surface area (Å²) in [6, 6.07) is 13.2. The SMILES string of the molecule is CCCC(=O)NC(Cc1ccccc1)C(=O)NC(Cc1ccccc1)C(=O)NCCCCCCCC(=O)NCCCCC(NC(=O)NC(CCC(=O)O)C(=O)O)C(=O)O. The molecule has 324 valence electrons. The van der Waals surface area contributed by atoms with Crippen LogP contribution in [-0.2, 0) is 46.4 Å². The summed E-state index contributed by atoms with van der Waals surface area (Å²) in [7, 11) is 0. The van der Waals surface area contributed by atoms with Crippen molar-refractivity contribution in [1.82, 2.24) is 31.9 Å². The number of nitrogens with one attached hydrogen (secondary N) is 6. The zero-order chi connectivity index (χ0) is 43.4. The Balaban J connectivity index is 1.70. The Labute approximate surface area is 344 Å². The number of hydrogen-bond acceptors (Lipinski definition) is 8. The van der Waals surface area contributed by atoms with Crippen LogP contribution in [0, 0.1) is 0 Å². The molecule has 2 aromatic carbocycles. The van der Waals surface area contributed by atoms with Crippen molar-refractivity contribution in [2.45, 2.75) is 127 Å². The molecule has 0 fully saturated rings. The first-order valence-corrected chi connectivity index (χ1v) is 20.2. The van der Waals surface area contributed by atoms with Gasteiger partial charge < -0.3 is 47.2 Å². The normalized spacial score (nSPS) is 12.8. The maximum Gasteiger partial charge on any atom is 0.326 e. The lowest BCUT2D eigenvalue weighted by molar-refractivity contribution is -0.141. The van der Waals surface area contributed by atoms with Crippen molar-refractivity contribution in [3.63, 3.8) is 0 Å². The fourth-order valence-electron chi connectivity index (χ4n) is 6.09. The molecule has 9 N–H and O–H groups in total. The molecule has 17 heteroatoms. The van der Waals surface area contributed by atoms with E-state index in [-0.39, 0.29) is 49.8 Å². The van der Waals surface area contributed by atoms with Crippen LogP contribution in [0.25, 0.3) is 0 Å². The van der Waals surface area contributed by atoms with Gasteiger partial charge in [-0.1, -0.05) is 86.8 Å². The van der Waals surface area contributed by atoms with Gasteiger partial charge in [0, 0.05) is 45.2 Å². The Hall–Kier alpha value is -6.00. The van der Waals surface area contributed by atoms with E-state index < -0.39 is 60.4 Å². The lowest BCUT2D eigenvalue weighted by Crippen LogP contribution is -2.55. The number of unbranched alkanes of at least 4 members (excludes halogenated alkanes) is 5. The Kier molecular flexibility index (Phi) is 23.7. The smallest absolute Gasteiger partial charge is 0.326 e. The zero-order valence-electron chi connectivity index (χ0n) is 33.7. The molecule has 6 amide bonds. The summed E-state index contributed by atoms with van der Waals surface area (Å²) in [6.07, 6.45) is 5.57. The molecule has 0 bridgehead atoms. The van der Waals surface area contributed by atoms with Gasteiger partial charge >= 0.3 is 23.9 Å². The molecule has 4 unspecified atom stereocenters. The van der Waals surface area contributed by atoms with Crippen molar-refractivity contribution in [1.29, 1.82) is 0 Å². The quantitative estimate of drug-likeness (QED) is 0.0517. The Morgan fingerprint density at radius 1 is 0.492 bits per heavy atom. The van der Waals surface area contributed by atoms with Crippen LogP contribution in [0.1, 0.15) is 102 Å². The average molecular weight is 825 g/mol. The maximum atomic E-state index is 13.6. The van der Waals surface area contributed by atoms with E-state index in [9.17, 15) is 48.6 Å². The topological polar surface area (TPSA) is 269 Å². The lowest BCUT2D eigenvalue weighted by atomic mass is 10.0. The maximum absolute atomic E-state index is 13.6. The fraction of sp³-hybridized carbons (Fsp3) is 0.524. The minimum absolute atomic E-state index is 0.0300. The second-order valence-corrected chi connectivity index (χ2v) is 14.3. The van der Waals surface area contributed by atoms with E-state index in [2.05, 4.69) is 31.9 Å². The van der Waals surface area contributed by atoms with E-state index in [1.165, 1.54) is 0 Å². The van der Waals surface area contributed by atoms with E-state index in [1.54, 1.807) is 0 Å². The highest BCUT2D eigenvalue weighted by Gasteiger charge is 2.28. The molecule has 0 saturated heterocycles. The summed E-state index contributed by atoms with van der Waals surface area (Å²) in [4.78, 5) is 97.5. The molecule has 2 rings (SSSR count). The second kappa shape index (κ2) is 28.4. The van der Waals surface area contributed by atoms with E-state index in [0.29, 0.717) is 51.6 Å². The zero-order valence-corrected chi connectivity index (χ0v) is 33.7. The molecule has 0 aliphatic carbocycles.